The molecule has 1 aromatic heterocycles. The first-order valence-corrected chi connectivity index (χ1v) is 2.82. The van der Waals surface area contributed by atoms with Gasteiger partial charge in [-0.05, 0) is 6.92 Å². The van der Waals surface area contributed by atoms with E-state index in [-0.39, 0.29) is 0 Å². The van der Waals surface area contributed by atoms with Gasteiger partial charge in [0.15, 0.2) is 0 Å². The van der Waals surface area contributed by atoms with Crippen molar-refractivity contribution in [1.82, 2.24) is 10.2 Å². The van der Waals surface area contributed by atoms with Crippen molar-refractivity contribution in [1.29, 1.82) is 0 Å². The van der Waals surface area contributed by atoms with E-state index in [1.807, 2.05) is 6.92 Å². The minimum atomic E-state index is 0.641. The number of H-pyrrole nitrogens is 1. The summed E-state index contributed by atoms with van der Waals surface area (Å²) in [6.45, 7) is 2.61. The fourth-order valence-corrected chi connectivity index (χ4v) is 0.677. The second kappa shape index (κ2) is 2.64. The van der Waals surface area contributed by atoms with Crippen molar-refractivity contribution < 1.29 is 4.74 Å². The zero-order valence-corrected chi connectivity index (χ0v) is 5.64. The third kappa shape index (κ3) is 1.29. The number of aromatic amines is 1. The molecule has 1 N–H and O–H groups in total. The molecule has 0 aromatic carbocycles. The van der Waals surface area contributed by atoms with Gasteiger partial charge in [-0.3, -0.25) is 5.10 Å². The summed E-state index contributed by atoms with van der Waals surface area (Å²) < 4.78 is 4.91. The molecule has 0 saturated carbocycles. The Morgan fingerprint density at radius 3 is 3.00 bits per heavy atom. The van der Waals surface area contributed by atoms with Gasteiger partial charge in [0.2, 0.25) is 0 Å². The van der Waals surface area contributed by atoms with Gasteiger partial charge in [0.1, 0.15) is 0 Å². The maximum Gasteiger partial charge on any atom is 0.0746 e. The molecule has 0 aliphatic heterocycles. The zero-order chi connectivity index (χ0) is 6.69. The molecule has 0 fully saturated rings. The fourth-order valence-electron chi connectivity index (χ4n) is 0.677. The lowest BCUT2D eigenvalue weighted by atomic mass is 10.3. The third-order valence-electron chi connectivity index (χ3n) is 1.23. The summed E-state index contributed by atoms with van der Waals surface area (Å²) in [7, 11) is 1.67. The number of hydrogen-bond donors (Lipinski definition) is 1. The summed E-state index contributed by atoms with van der Waals surface area (Å²) in [4.78, 5) is 0. The first-order valence-electron chi connectivity index (χ1n) is 2.82. The second-order valence-electron chi connectivity index (χ2n) is 1.95. The van der Waals surface area contributed by atoms with Crippen LogP contribution < -0.4 is 0 Å². The summed E-state index contributed by atoms with van der Waals surface area (Å²) in [6.07, 6.45) is 1.78. The predicted octanol–water partition coefficient (Wildman–Crippen LogP) is 0.865. The van der Waals surface area contributed by atoms with E-state index in [4.69, 9.17) is 4.74 Å². The highest BCUT2D eigenvalue weighted by molar-refractivity contribution is 5.12. The highest BCUT2D eigenvalue weighted by Gasteiger charge is 1.96. The van der Waals surface area contributed by atoms with Gasteiger partial charge in [-0.1, -0.05) is 0 Å². The highest BCUT2D eigenvalue weighted by Crippen LogP contribution is 2.02. The Morgan fingerprint density at radius 2 is 2.56 bits per heavy atom. The summed E-state index contributed by atoms with van der Waals surface area (Å²) >= 11 is 0. The second-order valence-corrected chi connectivity index (χ2v) is 1.95. The van der Waals surface area contributed by atoms with Crippen LogP contribution in [0.3, 0.4) is 0 Å². The first-order chi connectivity index (χ1) is 4.34. The van der Waals surface area contributed by atoms with E-state index in [0.717, 1.165) is 11.3 Å². The van der Waals surface area contributed by atoms with Crippen molar-refractivity contribution in [3.8, 4) is 0 Å². The minimum absolute atomic E-state index is 0.641. The predicted molar refractivity (Wildman–Crippen MR) is 34.0 cm³/mol. The molecule has 0 amide bonds. The van der Waals surface area contributed by atoms with E-state index in [9.17, 15) is 0 Å². The average molecular weight is 126 g/mol. The molecule has 9 heavy (non-hydrogen) atoms. The number of nitrogens with one attached hydrogen (secondary N) is 1. The van der Waals surface area contributed by atoms with E-state index in [0.29, 0.717) is 6.61 Å². The van der Waals surface area contributed by atoms with Crippen LogP contribution in [0, 0.1) is 6.92 Å². The molecule has 0 spiro atoms. The highest BCUT2D eigenvalue weighted by atomic mass is 16.5. The molecule has 0 atom stereocenters. The van der Waals surface area contributed by atoms with Gasteiger partial charge in [0.05, 0.1) is 12.8 Å². The molecule has 0 aliphatic carbocycles. The number of aromatic nitrogens is 2. The Hall–Kier alpha value is -0.830. The molecule has 3 heteroatoms. The number of methoxy groups -OCH3 is 1. The average Bonchev–Trinajstić information content (AvgIpc) is 2.18. The maximum absolute atomic E-state index is 4.91. The van der Waals surface area contributed by atoms with Gasteiger partial charge in [0, 0.05) is 18.4 Å². The Kier molecular flexibility index (Phi) is 1.85. The van der Waals surface area contributed by atoms with Gasteiger partial charge in [-0.25, -0.2) is 0 Å². The zero-order valence-electron chi connectivity index (χ0n) is 5.64. The molecule has 1 rings (SSSR count). The standard InChI is InChI=1S/C6H10N2O/c1-5-6(4-9-2)3-7-8-5/h3H,4H2,1-2H3,(H,7,8). The first kappa shape index (κ1) is 6.29. The van der Waals surface area contributed by atoms with E-state index in [1.54, 1.807) is 13.3 Å². The largest absolute Gasteiger partial charge is 0.380 e. The number of hydrogen-bond acceptors (Lipinski definition) is 2. The molecule has 50 valence electrons. The molecule has 0 unspecified atom stereocenters. The summed E-state index contributed by atoms with van der Waals surface area (Å²) in [5.41, 5.74) is 2.20. The van der Waals surface area contributed by atoms with Crippen LogP contribution >= 0.6 is 0 Å². The van der Waals surface area contributed by atoms with Crippen molar-refractivity contribution in [3.05, 3.63) is 17.5 Å². The number of aryl methyl sites for hydroxylation is 1. The molecule has 1 aromatic rings. The summed E-state index contributed by atoms with van der Waals surface area (Å²) in [5, 5.41) is 6.66. The minimum Gasteiger partial charge on any atom is -0.380 e. The molecule has 0 radical (unpaired) electrons. The van der Waals surface area contributed by atoms with Gasteiger partial charge >= 0.3 is 0 Å². The van der Waals surface area contributed by atoms with Crippen LogP contribution in [0.1, 0.15) is 11.3 Å². The lowest BCUT2D eigenvalue weighted by Gasteiger charge is -1.93. The normalized spacial score (nSPS) is 10.0. The van der Waals surface area contributed by atoms with Gasteiger partial charge in [0.25, 0.3) is 0 Å². The number of nitrogens with zero attached hydrogens (tertiary/aromatic N) is 1. The Morgan fingerprint density at radius 1 is 1.78 bits per heavy atom. The van der Waals surface area contributed by atoms with Crippen LogP contribution in [0.4, 0.5) is 0 Å². The van der Waals surface area contributed by atoms with E-state index in [2.05, 4.69) is 10.2 Å². The molecular formula is C6H10N2O. The fraction of sp³-hybridized carbons (Fsp3) is 0.500. The van der Waals surface area contributed by atoms with Crippen LogP contribution in [-0.4, -0.2) is 17.3 Å². The van der Waals surface area contributed by atoms with Gasteiger partial charge in [-0.2, -0.15) is 5.10 Å². The van der Waals surface area contributed by atoms with Crippen molar-refractivity contribution >= 4 is 0 Å². The molecule has 0 bridgehead atoms. The maximum atomic E-state index is 4.91. The summed E-state index contributed by atoms with van der Waals surface area (Å²) in [5.74, 6) is 0. The molecule has 3 nitrogen and oxygen atoms in total. The topological polar surface area (TPSA) is 37.9 Å². The van der Waals surface area contributed by atoms with Crippen molar-refractivity contribution in [3.63, 3.8) is 0 Å². The van der Waals surface area contributed by atoms with E-state index < -0.39 is 0 Å². The Bertz CT molecular complexity index is 183. The van der Waals surface area contributed by atoms with Crippen LogP contribution in [0.15, 0.2) is 6.20 Å². The lowest BCUT2D eigenvalue weighted by molar-refractivity contribution is 0.184. The van der Waals surface area contributed by atoms with Crippen LogP contribution in [0.25, 0.3) is 0 Å². The monoisotopic (exact) mass is 126 g/mol. The quantitative estimate of drug-likeness (QED) is 0.638. The smallest absolute Gasteiger partial charge is 0.0746 e. The Balaban J connectivity index is 2.69. The van der Waals surface area contributed by atoms with Crippen molar-refractivity contribution in [2.24, 2.45) is 0 Å². The summed E-state index contributed by atoms with van der Waals surface area (Å²) in [6, 6.07) is 0. The van der Waals surface area contributed by atoms with Gasteiger partial charge < -0.3 is 4.74 Å². The number of ether oxygens (including phenoxy) is 1. The van der Waals surface area contributed by atoms with Crippen molar-refractivity contribution in [2.75, 3.05) is 7.11 Å². The Labute approximate surface area is 54.0 Å². The van der Waals surface area contributed by atoms with Crippen LogP contribution in [0.5, 0.6) is 0 Å². The van der Waals surface area contributed by atoms with E-state index in [1.165, 1.54) is 0 Å². The lowest BCUT2D eigenvalue weighted by Crippen LogP contribution is -1.86. The molecule has 0 aliphatic rings. The van der Waals surface area contributed by atoms with Crippen molar-refractivity contribution in [2.45, 2.75) is 13.5 Å². The molecule has 0 saturated heterocycles. The SMILES string of the molecule is COCc1cn[nH]c1C. The third-order valence-corrected chi connectivity index (χ3v) is 1.23. The van der Waals surface area contributed by atoms with Crippen LogP contribution in [0.2, 0.25) is 0 Å². The van der Waals surface area contributed by atoms with Gasteiger partial charge in [-0.15, -0.1) is 0 Å². The molecular weight excluding hydrogens is 116 g/mol. The van der Waals surface area contributed by atoms with Crippen LogP contribution in [-0.2, 0) is 11.3 Å². The van der Waals surface area contributed by atoms with E-state index >= 15 is 0 Å². The molecule has 1 heterocycles. The number of rotatable bonds is 2.